The number of carbonyl (C=O) groups is 1. The van der Waals surface area contributed by atoms with Gasteiger partial charge in [-0.05, 0) is 19.1 Å². The Morgan fingerprint density at radius 3 is 2.45 bits per heavy atom. The summed E-state index contributed by atoms with van der Waals surface area (Å²) in [5.41, 5.74) is 3.34. The lowest BCUT2D eigenvalue weighted by atomic mass is 9.99. The molecule has 1 atom stereocenters. The number of aliphatic imine (C=N–C) groups is 1. The van der Waals surface area contributed by atoms with E-state index in [-0.39, 0.29) is 5.91 Å². The van der Waals surface area contributed by atoms with E-state index in [1.807, 2.05) is 48.5 Å². The molecule has 4 nitrogen and oxygen atoms in total. The van der Waals surface area contributed by atoms with Gasteiger partial charge in [0.05, 0.1) is 11.4 Å². The molecule has 0 saturated heterocycles. The highest BCUT2D eigenvalue weighted by Gasteiger charge is 2.33. The summed E-state index contributed by atoms with van der Waals surface area (Å²) in [7, 11) is 0. The Labute approximate surface area is 127 Å². The van der Waals surface area contributed by atoms with Crippen molar-refractivity contribution in [1.29, 1.82) is 0 Å². The average molecular weight is 290 g/mol. The Morgan fingerprint density at radius 2 is 1.68 bits per heavy atom. The highest BCUT2D eigenvalue weighted by atomic mass is 16.3. The van der Waals surface area contributed by atoms with E-state index in [1.54, 1.807) is 13.0 Å². The fourth-order valence-electron chi connectivity index (χ4n) is 3.01. The van der Waals surface area contributed by atoms with Crippen molar-refractivity contribution in [2.24, 2.45) is 4.99 Å². The summed E-state index contributed by atoms with van der Waals surface area (Å²) >= 11 is 0. The number of benzene rings is 2. The van der Waals surface area contributed by atoms with Gasteiger partial charge in [0, 0.05) is 22.3 Å². The van der Waals surface area contributed by atoms with Crippen LogP contribution in [-0.2, 0) is 5.72 Å². The van der Waals surface area contributed by atoms with Crippen LogP contribution in [0.2, 0.25) is 0 Å². The molecule has 0 aliphatic carbocycles. The Kier molecular flexibility index (Phi) is 2.59. The van der Waals surface area contributed by atoms with Crippen LogP contribution in [0, 0.1) is 0 Å². The maximum absolute atomic E-state index is 12.0. The molecule has 0 bridgehead atoms. The highest BCUT2D eigenvalue weighted by Crippen LogP contribution is 2.34. The molecule has 0 aromatic heterocycles. The van der Waals surface area contributed by atoms with Crippen LogP contribution in [0.1, 0.15) is 34.0 Å². The third-order valence-corrected chi connectivity index (χ3v) is 4.04. The number of nitrogens with zero attached hydrogens (tertiary/aromatic N) is 1. The normalized spacial score (nSPS) is 24.0. The summed E-state index contributed by atoms with van der Waals surface area (Å²) in [6.45, 7) is 1.67. The number of hydrogen-bond acceptors (Lipinski definition) is 3. The van der Waals surface area contributed by atoms with Gasteiger partial charge in [-0.3, -0.25) is 4.79 Å². The van der Waals surface area contributed by atoms with Crippen molar-refractivity contribution >= 4 is 17.3 Å². The van der Waals surface area contributed by atoms with Crippen molar-refractivity contribution in [2.45, 2.75) is 12.6 Å². The fraction of sp³-hybridized carbons (Fsp3) is 0.111. The maximum Gasteiger partial charge on any atom is 0.256 e. The molecule has 2 aliphatic heterocycles. The second-order valence-electron chi connectivity index (χ2n) is 5.62. The summed E-state index contributed by atoms with van der Waals surface area (Å²) in [6.07, 6.45) is 1.82. The quantitative estimate of drug-likeness (QED) is 0.847. The lowest BCUT2D eigenvalue weighted by Gasteiger charge is -2.13. The average Bonchev–Trinajstić information content (AvgIpc) is 2.96. The van der Waals surface area contributed by atoms with Gasteiger partial charge in [-0.2, -0.15) is 0 Å². The van der Waals surface area contributed by atoms with E-state index in [2.05, 4.69) is 10.3 Å². The zero-order chi connectivity index (χ0) is 15.3. The van der Waals surface area contributed by atoms with Gasteiger partial charge in [-0.1, -0.05) is 42.5 Å². The lowest BCUT2D eigenvalue weighted by molar-refractivity contribution is 0.0714. The van der Waals surface area contributed by atoms with Crippen LogP contribution < -0.4 is 5.32 Å². The van der Waals surface area contributed by atoms with Crippen molar-refractivity contribution in [1.82, 2.24) is 5.32 Å². The number of rotatable bonds is 1. The number of allylic oxidation sites excluding steroid dienone is 1. The summed E-state index contributed by atoms with van der Waals surface area (Å²) in [5.74, 6) is -0.111. The maximum atomic E-state index is 12.0. The van der Waals surface area contributed by atoms with Crippen LogP contribution in [0.3, 0.4) is 0 Å². The molecule has 1 unspecified atom stereocenters. The first-order chi connectivity index (χ1) is 10.6. The molecule has 22 heavy (non-hydrogen) atoms. The summed E-state index contributed by atoms with van der Waals surface area (Å²) in [4.78, 5) is 16.4. The molecular formula is C18H14N2O2. The molecule has 2 N–H and O–H groups in total. The monoisotopic (exact) mass is 290 g/mol. The Hall–Kier alpha value is -2.72. The Bertz CT molecular complexity index is 863. The van der Waals surface area contributed by atoms with Crippen molar-refractivity contribution in [3.05, 3.63) is 76.9 Å². The molecule has 4 rings (SSSR count). The van der Waals surface area contributed by atoms with Gasteiger partial charge in [0.1, 0.15) is 0 Å². The van der Waals surface area contributed by atoms with E-state index in [9.17, 15) is 9.90 Å². The van der Waals surface area contributed by atoms with Crippen molar-refractivity contribution in [3.8, 4) is 0 Å². The van der Waals surface area contributed by atoms with E-state index in [4.69, 9.17) is 0 Å². The molecular weight excluding hydrogens is 276 g/mol. The zero-order valence-electron chi connectivity index (χ0n) is 12.0. The SMILES string of the molecule is CC1(O)N=C(C=C2NC(=O)c3ccccc32)c2ccccc21. The smallest absolute Gasteiger partial charge is 0.256 e. The highest BCUT2D eigenvalue weighted by molar-refractivity contribution is 6.19. The van der Waals surface area contributed by atoms with E-state index in [1.165, 1.54) is 0 Å². The summed E-state index contributed by atoms with van der Waals surface area (Å²) in [6, 6.07) is 15.0. The van der Waals surface area contributed by atoms with Crippen molar-refractivity contribution < 1.29 is 9.90 Å². The summed E-state index contributed by atoms with van der Waals surface area (Å²) in [5, 5.41) is 13.3. The summed E-state index contributed by atoms with van der Waals surface area (Å²) < 4.78 is 0. The van der Waals surface area contributed by atoms with E-state index in [0.29, 0.717) is 17.0 Å². The second kappa shape index (κ2) is 4.39. The topological polar surface area (TPSA) is 61.7 Å². The van der Waals surface area contributed by atoms with Crippen LogP contribution in [0.5, 0.6) is 0 Å². The second-order valence-corrected chi connectivity index (χ2v) is 5.62. The first-order valence-corrected chi connectivity index (χ1v) is 7.11. The van der Waals surface area contributed by atoms with Crippen LogP contribution in [0.4, 0.5) is 0 Å². The molecule has 1 amide bonds. The van der Waals surface area contributed by atoms with Crippen molar-refractivity contribution in [2.75, 3.05) is 0 Å². The molecule has 108 valence electrons. The first-order valence-electron chi connectivity index (χ1n) is 7.11. The molecule has 2 aromatic rings. The van der Waals surface area contributed by atoms with Gasteiger partial charge in [0.25, 0.3) is 5.91 Å². The largest absolute Gasteiger partial charge is 0.366 e. The minimum Gasteiger partial charge on any atom is -0.366 e. The van der Waals surface area contributed by atoms with Gasteiger partial charge in [-0.15, -0.1) is 0 Å². The molecule has 0 radical (unpaired) electrons. The van der Waals surface area contributed by atoms with Gasteiger partial charge in [-0.25, -0.2) is 4.99 Å². The Morgan fingerprint density at radius 1 is 1.05 bits per heavy atom. The van der Waals surface area contributed by atoms with Crippen molar-refractivity contribution in [3.63, 3.8) is 0 Å². The van der Waals surface area contributed by atoms with Crippen LogP contribution >= 0.6 is 0 Å². The molecule has 2 aliphatic rings. The van der Waals surface area contributed by atoms with Crippen LogP contribution in [-0.4, -0.2) is 16.7 Å². The zero-order valence-corrected chi connectivity index (χ0v) is 12.0. The lowest BCUT2D eigenvalue weighted by Crippen LogP contribution is -2.14. The van der Waals surface area contributed by atoms with E-state index < -0.39 is 5.72 Å². The van der Waals surface area contributed by atoms with Gasteiger partial charge >= 0.3 is 0 Å². The number of aliphatic hydroxyl groups is 1. The predicted octanol–water partition coefficient (Wildman–Crippen LogP) is 2.44. The molecule has 2 aromatic carbocycles. The number of fused-ring (bicyclic) bond motifs is 2. The third-order valence-electron chi connectivity index (χ3n) is 4.04. The number of amides is 1. The van der Waals surface area contributed by atoms with E-state index >= 15 is 0 Å². The Balaban J connectivity index is 1.84. The standard InChI is InChI=1S/C18H14N2O2/c1-18(22)14-9-5-4-8-13(14)16(20-18)10-15-11-6-2-3-7-12(11)17(21)19-15/h2-10,22H,1H3,(H,19,21). The van der Waals surface area contributed by atoms with Gasteiger partial charge in [0.2, 0.25) is 0 Å². The molecule has 0 fully saturated rings. The van der Waals surface area contributed by atoms with Gasteiger partial charge in [0.15, 0.2) is 5.72 Å². The molecule has 2 heterocycles. The van der Waals surface area contributed by atoms with Crippen LogP contribution in [0.25, 0.3) is 5.70 Å². The third kappa shape index (κ3) is 1.81. The number of carbonyl (C=O) groups excluding carboxylic acids is 1. The predicted molar refractivity (Wildman–Crippen MR) is 84.4 cm³/mol. The minimum atomic E-state index is -1.23. The van der Waals surface area contributed by atoms with E-state index in [0.717, 1.165) is 16.7 Å². The van der Waals surface area contributed by atoms with Gasteiger partial charge < -0.3 is 10.4 Å². The minimum absolute atomic E-state index is 0.111. The molecule has 0 saturated carbocycles. The molecule has 0 spiro atoms. The molecule has 4 heteroatoms. The first kappa shape index (κ1) is 13.0. The number of nitrogens with one attached hydrogen (secondary N) is 1. The number of hydrogen-bond donors (Lipinski definition) is 2. The van der Waals surface area contributed by atoms with Crippen LogP contribution in [0.15, 0.2) is 59.6 Å². The fourth-order valence-corrected chi connectivity index (χ4v) is 3.01.